The van der Waals surface area contributed by atoms with Crippen molar-refractivity contribution in [3.63, 3.8) is 0 Å². The summed E-state index contributed by atoms with van der Waals surface area (Å²) in [5.41, 5.74) is 2.98. The fourth-order valence-corrected chi connectivity index (χ4v) is 3.84. The van der Waals surface area contributed by atoms with E-state index in [1.165, 1.54) is 17.5 Å². The van der Waals surface area contributed by atoms with Gasteiger partial charge in [0.1, 0.15) is 0 Å². The Labute approximate surface area is 153 Å². The maximum Gasteiger partial charge on any atom is 0.160 e. The molecule has 2 atom stereocenters. The Hall–Kier alpha value is -1.96. The van der Waals surface area contributed by atoms with Gasteiger partial charge in [-0.3, -0.25) is 0 Å². The minimum Gasteiger partial charge on any atom is -0.493 e. The van der Waals surface area contributed by atoms with E-state index in [-0.39, 0.29) is 5.41 Å². The van der Waals surface area contributed by atoms with E-state index in [9.17, 15) is 0 Å². The molecule has 2 heteroatoms. The molecule has 0 saturated heterocycles. The van der Waals surface area contributed by atoms with Crippen molar-refractivity contribution >= 4 is 0 Å². The minimum absolute atomic E-state index is 0.246. The normalized spacial score (nSPS) is 14.6. The third-order valence-electron chi connectivity index (χ3n) is 5.77. The Balaban J connectivity index is 2.35. The summed E-state index contributed by atoms with van der Waals surface area (Å²) in [6, 6.07) is 17.2. The van der Waals surface area contributed by atoms with Crippen LogP contribution in [0.3, 0.4) is 0 Å². The van der Waals surface area contributed by atoms with Crippen molar-refractivity contribution < 1.29 is 9.47 Å². The summed E-state index contributed by atoms with van der Waals surface area (Å²) in [5.74, 6) is 2.25. The van der Waals surface area contributed by atoms with Crippen LogP contribution in [0.4, 0.5) is 0 Å². The van der Waals surface area contributed by atoms with Gasteiger partial charge in [-0.05, 0) is 53.9 Å². The van der Waals surface area contributed by atoms with Crippen LogP contribution in [0.2, 0.25) is 0 Å². The van der Waals surface area contributed by atoms with Crippen LogP contribution in [-0.4, -0.2) is 14.2 Å². The zero-order valence-electron chi connectivity index (χ0n) is 16.3. The SMILES string of the molecule is CCC(C)C(CC)(Cc1ccccc1)Cc1ccc(OC)c(OC)c1. The zero-order valence-corrected chi connectivity index (χ0v) is 16.3. The van der Waals surface area contributed by atoms with Crippen molar-refractivity contribution in [3.05, 3.63) is 59.7 Å². The highest BCUT2D eigenvalue weighted by Crippen LogP contribution is 2.41. The van der Waals surface area contributed by atoms with Crippen molar-refractivity contribution in [2.24, 2.45) is 11.3 Å². The number of ether oxygens (including phenoxy) is 2. The minimum atomic E-state index is 0.246. The monoisotopic (exact) mass is 340 g/mol. The van der Waals surface area contributed by atoms with Gasteiger partial charge in [0.2, 0.25) is 0 Å². The molecule has 0 radical (unpaired) electrons. The second-order valence-electron chi connectivity index (χ2n) is 7.05. The molecule has 2 rings (SSSR count). The maximum absolute atomic E-state index is 5.51. The van der Waals surface area contributed by atoms with E-state index in [2.05, 4.69) is 63.2 Å². The van der Waals surface area contributed by atoms with Gasteiger partial charge in [0.15, 0.2) is 11.5 Å². The summed E-state index contributed by atoms with van der Waals surface area (Å²) in [7, 11) is 3.38. The van der Waals surface area contributed by atoms with Crippen molar-refractivity contribution in [3.8, 4) is 11.5 Å². The van der Waals surface area contributed by atoms with E-state index in [1.54, 1.807) is 14.2 Å². The van der Waals surface area contributed by atoms with Crippen LogP contribution < -0.4 is 9.47 Å². The maximum atomic E-state index is 5.51. The smallest absolute Gasteiger partial charge is 0.160 e. The molecule has 0 aliphatic carbocycles. The van der Waals surface area contributed by atoms with Gasteiger partial charge in [0.25, 0.3) is 0 Å². The topological polar surface area (TPSA) is 18.5 Å². The van der Waals surface area contributed by atoms with E-state index in [0.29, 0.717) is 5.92 Å². The Kier molecular flexibility index (Phi) is 6.92. The highest BCUT2D eigenvalue weighted by molar-refractivity contribution is 5.43. The number of methoxy groups -OCH3 is 2. The van der Waals surface area contributed by atoms with E-state index < -0.39 is 0 Å². The summed E-state index contributed by atoms with van der Waals surface area (Å²) in [5, 5.41) is 0. The van der Waals surface area contributed by atoms with Crippen LogP contribution in [0, 0.1) is 11.3 Å². The number of hydrogen-bond acceptors (Lipinski definition) is 2. The molecule has 0 amide bonds. The van der Waals surface area contributed by atoms with Gasteiger partial charge in [-0.25, -0.2) is 0 Å². The summed E-state index contributed by atoms with van der Waals surface area (Å²) in [6.07, 6.45) is 4.50. The average Bonchev–Trinajstić information content (AvgIpc) is 2.67. The van der Waals surface area contributed by atoms with Gasteiger partial charge < -0.3 is 9.47 Å². The molecule has 0 heterocycles. The van der Waals surface area contributed by atoms with Gasteiger partial charge in [0, 0.05) is 0 Å². The van der Waals surface area contributed by atoms with Gasteiger partial charge in [-0.1, -0.05) is 63.6 Å². The molecular formula is C23H32O2. The highest BCUT2D eigenvalue weighted by atomic mass is 16.5. The Morgan fingerprint density at radius 3 is 2.04 bits per heavy atom. The van der Waals surface area contributed by atoms with Gasteiger partial charge in [-0.2, -0.15) is 0 Å². The predicted molar refractivity (Wildman–Crippen MR) is 106 cm³/mol. The lowest BCUT2D eigenvalue weighted by atomic mass is 9.65. The molecule has 2 aromatic carbocycles. The molecule has 0 spiro atoms. The van der Waals surface area contributed by atoms with Crippen LogP contribution in [0.1, 0.15) is 44.7 Å². The number of hydrogen-bond donors (Lipinski definition) is 0. The largest absolute Gasteiger partial charge is 0.493 e. The fourth-order valence-electron chi connectivity index (χ4n) is 3.84. The van der Waals surface area contributed by atoms with E-state index in [0.717, 1.165) is 30.8 Å². The van der Waals surface area contributed by atoms with Crippen LogP contribution in [0.25, 0.3) is 0 Å². The van der Waals surface area contributed by atoms with Crippen LogP contribution in [0.5, 0.6) is 11.5 Å². The second kappa shape index (κ2) is 8.94. The van der Waals surface area contributed by atoms with E-state index in [1.807, 2.05) is 6.07 Å². The first-order valence-electron chi connectivity index (χ1n) is 9.33. The lowest BCUT2D eigenvalue weighted by molar-refractivity contribution is 0.157. The molecule has 0 aromatic heterocycles. The van der Waals surface area contributed by atoms with Gasteiger partial charge in [-0.15, -0.1) is 0 Å². The standard InChI is InChI=1S/C23H32O2/c1-6-18(3)23(7-2,16-19-11-9-8-10-12-19)17-20-13-14-21(24-4)22(15-20)25-5/h8-15,18H,6-7,16-17H2,1-5H3. The average molecular weight is 341 g/mol. The second-order valence-corrected chi connectivity index (χ2v) is 7.05. The summed E-state index contributed by atoms with van der Waals surface area (Å²) in [6.45, 7) is 7.03. The summed E-state index contributed by atoms with van der Waals surface area (Å²) in [4.78, 5) is 0. The first kappa shape index (κ1) is 19.4. The molecular weight excluding hydrogens is 308 g/mol. The van der Waals surface area contributed by atoms with Crippen LogP contribution in [-0.2, 0) is 12.8 Å². The molecule has 136 valence electrons. The molecule has 0 bridgehead atoms. The Bertz CT molecular complexity index is 650. The number of rotatable bonds is 9. The van der Waals surface area contributed by atoms with Crippen molar-refractivity contribution in [1.29, 1.82) is 0 Å². The van der Waals surface area contributed by atoms with Gasteiger partial charge >= 0.3 is 0 Å². The lowest BCUT2D eigenvalue weighted by Gasteiger charge is -2.39. The third kappa shape index (κ3) is 4.56. The zero-order chi connectivity index (χ0) is 18.3. The fraction of sp³-hybridized carbons (Fsp3) is 0.478. The molecule has 0 aliphatic heterocycles. The Morgan fingerprint density at radius 1 is 0.840 bits per heavy atom. The molecule has 0 N–H and O–H groups in total. The first-order valence-corrected chi connectivity index (χ1v) is 9.33. The molecule has 0 aliphatic rings. The van der Waals surface area contributed by atoms with Crippen molar-refractivity contribution in [1.82, 2.24) is 0 Å². The van der Waals surface area contributed by atoms with E-state index in [4.69, 9.17) is 9.47 Å². The number of benzene rings is 2. The van der Waals surface area contributed by atoms with Crippen molar-refractivity contribution in [2.75, 3.05) is 14.2 Å². The predicted octanol–water partition coefficient (Wildman–Crippen LogP) is 5.93. The van der Waals surface area contributed by atoms with Crippen LogP contribution in [0.15, 0.2) is 48.5 Å². The highest BCUT2D eigenvalue weighted by Gasteiger charge is 2.34. The van der Waals surface area contributed by atoms with Crippen molar-refractivity contribution in [2.45, 2.75) is 46.5 Å². The molecule has 25 heavy (non-hydrogen) atoms. The first-order chi connectivity index (χ1) is 12.1. The molecule has 2 nitrogen and oxygen atoms in total. The summed E-state index contributed by atoms with van der Waals surface area (Å²) < 4.78 is 10.9. The molecule has 2 unspecified atom stereocenters. The molecule has 0 fully saturated rings. The lowest BCUT2D eigenvalue weighted by Crippen LogP contribution is -2.33. The Morgan fingerprint density at radius 2 is 1.48 bits per heavy atom. The third-order valence-corrected chi connectivity index (χ3v) is 5.77. The van der Waals surface area contributed by atoms with E-state index >= 15 is 0 Å². The quantitative estimate of drug-likeness (QED) is 0.563. The van der Waals surface area contributed by atoms with Crippen LogP contribution >= 0.6 is 0 Å². The molecule has 0 saturated carbocycles. The van der Waals surface area contributed by atoms with Gasteiger partial charge in [0.05, 0.1) is 14.2 Å². The molecule has 2 aromatic rings. The summed E-state index contributed by atoms with van der Waals surface area (Å²) >= 11 is 0.